The fourth-order valence-electron chi connectivity index (χ4n) is 2.37. The van der Waals surface area contributed by atoms with E-state index in [1.54, 1.807) is 18.0 Å². The van der Waals surface area contributed by atoms with Gasteiger partial charge < -0.3 is 10.6 Å². The molecule has 1 aromatic carbocycles. The molecule has 0 spiro atoms. The fraction of sp³-hybridized carbons (Fsp3) is 0.389. The number of hydrogen-bond acceptors (Lipinski definition) is 4. The molecule has 1 aromatic heterocycles. The lowest BCUT2D eigenvalue weighted by Gasteiger charge is -2.29. The van der Waals surface area contributed by atoms with E-state index in [9.17, 15) is 9.59 Å². The summed E-state index contributed by atoms with van der Waals surface area (Å²) in [6, 6.07) is 12.6. The van der Waals surface area contributed by atoms with Gasteiger partial charge in [0.05, 0.1) is 5.69 Å². The topological polar surface area (TPSA) is 81.2 Å². The van der Waals surface area contributed by atoms with Gasteiger partial charge >= 0.3 is 0 Å². The lowest BCUT2D eigenvalue weighted by Crippen LogP contribution is -2.42. The van der Waals surface area contributed by atoms with Crippen molar-refractivity contribution < 1.29 is 4.79 Å². The summed E-state index contributed by atoms with van der Waals surface area (Å²) in [5.41, 5.74) is 6.80. The van der Waals surface area contributed by atoms with Crippen molar-refractivity contribution in [2.24, 2.45) is 11.1 Å². The molecule has 2 rings (SSSR count). The van der Waals surface area contributed by atoms with Crippen molar-refractivity contribution in [2.45, 2.75) is 20.4 Å². The van der Waals surface area contributed by atoms with E-state index in [2.05, 4.69) is 5.10 Å². The van der Waals surface area contributed by atoms with Crippen LogP contribution in [0.15, 0.2) is 47.3 Å². The third-order valence-corrected chi connectivity index (χ3v) is 3.86. The Morgan fingerprint density at radius 1 is 1.20 bits per heavy atom. The van der Waals surface area contributed by atoms with Gasteiger partial charge in [0.1, 0.15) is 6.54 Å². The number of hydrogen-bond donors (Lipinski definition) is 1. The van der Waals surface area contributed by atoms with Gasteiger partial charge in [-0.25, -0.2) is 4.68 Å². The molecule has 7 heteroatoms. The molecule has 6 nitrogen and oxygen atoms in total. The second-order valence-electron chi connectivity index (χ2n) is 6.70. The Morgan fingerprint density at radius 3 is 2.44 bits per heavy atom. The molecule has 0 bridgehead atoms. The summed E-state index contributed by atoms with van der Waals surface area (Å²) in [6.07, 6.45) is 0. The van der Waals surface area contributed by atoms with Gasteiger partial charge in [0.2, 0.25) is 5.91 Å². The minimum absolute atomic E-state index is 0. The number of nitrogens with zero attached hydrogens (tertiary/aromatic N) is 3. The van der Waals surface area contributed by atoms with E-state index in [4.69, 9.17) is 5.73 Å². The summed E-state index contributed by atoms with van der Waals surface area (Å²) in [7, 11) is 1.71. The van der Waals surface area contributed by atoms with Crippen molar-refractivity contribution in [3.63, 3.8) is 0 Å². The zero-order valence-electron chi connectivity index (χ0n) is 14.8. The normalized spacial score (nSPS) is 10.9. The second-order valence-corrected chi connectivity index (χ2v) is 6.70. The highest BCUT2D eigenvalue weighted by Crippen LogP contribution is 2.15. The summed E-state index contributed by atoms with van der Waals surface area (Å²) in [4.78, 5) is 26.0. The van der Waals surface area contributed by atoms with E-state index in [0.717, 1.165) is 5.56 Å². The third-order valence-electron chi connectivity index (χ3n) is 3.86. The van der Waals surface area contributed by atoms with Crippen molar-refractivity contribution in [2.75, 3.05) is 20.1 Å². The van der Waals surface area contributed by atoms with E-state index >= 15 is 0 Å². The molecule has 0 fully saturated rings. The van der Waals surface area contributed by atoms with Gasteiger partial charge in [-0.05, 0) is 18.0 Å². The van der Waals surface area contributed by atoms with Crippen LogP contribution in [0.3, 0.4) is 0 Å². The largest absolute Gasteiger partial charge is 0.344 e. The summed E-state index contributed by atoms with van der Waals surface area (Å²) in [6.45, 7) is 4.91. The van der Waals surface area contributed by atoms with Crippen LogP contribution >= 0.6 is 12.4 Å². The van der Waals surface area contributed by atoms with Crippen molar-refractivity contribution in [3.05, 3.63) is 52.8 Å². The molecule has 0 aliphatic heterocycles. The van der Waals surface area contributed by atoms with E-state index in [0.29, 0.717) is 18.8 Å². The predicted octanol–water partition coefficient (Wildman–Crippen LogP) is 1.78. The van der Waals surface area contributed by atoms with Gasteiger partial charge in [-0.15, -0.1) is 12.4 Å². The molecule has 0 aliphatic rings. The van der Waals surface area contributed by atoms with Crippen LogP contribution in [0.5, 0.6) is 0 Å². The number of amides is 1. The molecule has 0 saturated carbocycles. The first kappa shape index (κ1) is 20.9. The number of nitrogens with two attached hydrogens (primary N) is 1. The van der Waals surface area contributed by atoms with E-state index < -0.39 is 0 Å². The lowest BCUT2D eigenvalue weighted by molar-refractivity contribution is -0.132. The van der Waals surface area contributed by atoms with Crippen molar-refractivity contribution in [1.29, 1.82) is 0 Å². The zero-order chi connectivity index (χ0) is 17.7. The van der Waals surface area contributed by atoms with E-state index in [-0.39, 0.29) is 35.8 Å². The molecule has 25 heavy (non-hydrogen) atoms. The number of likely N-dealkylation sites (N-methyl/N-ethyl adjacent to an activating group) is 1. The minimum Gasteiger partial charge on any atom is -0.344 e. The molecule has 136 valence electrons. The van der Waals surface area contributed by atoms with E-state index in [1.165, 1.54) is 10.7 Å². The standard InChI is InChI=1S/C18H24N4O2.ClH/c1-18(2,12-19)13-21(3)17(24)11-22-16(23)10-9-15(20-22)14-7-5-4-6-8-14;/h4-10H,11-13,19H2,1-3H3;1H. The maximum atomic E-state index is 12.4. The van der Waals surface area contributed by atoms with Gasteiger partial charge in [-0.2, -0.15) is 5.10 Å². The SMILES string of the molecule is CN(CC(C)(C)CN)C(=O)Cn1nc(-c2ccccc2)ccc1=O.Cl. The monoisotopic (exact) mass is 364 g/mol. The molecule has 0 radical (unpaired) electrons. The molecular weight excluding hydrogens is 340 g/mol. The highest BCUT2D eigenvalue weighted by atomic mass is 35.5. The Labute approximate surface area is 154 Å². The van der Waals surface area contributed by atoms with E-state index in [1.807, 2.05) is 44.2 Å². The van der Waals surface area contributed by atoms with Crippen molar-refractivity contribution in [1.82, 2.24) is 14.7 Å². The molecule has 0 saturated heterocycles. The average molecular weight is 365 g/mol. The number of aromatic nitrogens is 2. The smallest absolute Gasteiger partial charge is 0.267 e. The number of carbonyl (C=O) groups excluding carboxylic acids is 1. The number of carbonyl (C=O) groups is 1. The van der Waals surface area contributed by atoms with Crippen molar-refractivity contribution in [3.8, 4) is 11.3 Å². The van der Waals surface area contributed by atoms with Gasteiger partial charge in [-0.1, -0.05) is 44.2 Å². The molecule has 0 atom stereocenters. The number of rotatable bonds is 6. The Balaban J connectivity index is 0.00000312. The predicted molar refractivity (Wildman–Crippen MR) is 102 cm³/mol. The molecule has 0 unspecified atom stereocenters. The summed E-state index contributed by atoms with van der Waals surface area (Å²) >= 11 is 0. The second kappa shape index (κ2) is 8.78. The maximum Gasteiger partial charge on any atom is 0.267 e. The first-order chi connectivity index (χ1) is 11.3. The van der Waals surface area contributed by atoms with Gasteiger partial charge in [0.25, 0.3) is 5.56 Å². The molecular formula is C18H25ClN4O2. The van der Waals surface area contributed by atoms with Crippen LogP contribution in [0.4, 0.5) is 0 Å². The summed E-state index contributed by atoms with van der Waals surface area (Å²) in [5, 5.41) is 4.31. The first-order valence-corrected chi connectivity index (χ1v) is 7.90. The van der Waals surface area contributed by atoms with Crippen LogP contribution in [0.25, 0.3) is 11.3 Å². The summed E-state index contributed by atoms with van der Waals surface area (Å²) in [5.74, 6) is -0.170. The molecule has 2 N–H and O–H groups in total. The van der Waals surface area contributed by atoms with Crippen LogP contribution in [0, 0.1) is 5.41 Å². The third kappa shape index (κ3) is 5.69. The molecule has 1 amide bonds. The van der Waals surface area contributed by atoms with Gasteiger partial charge in [0.15, 0.2) is 0 Å². The van der Waals surface area contributed by atoms with Crippen LogP contribution in [0.1, 0.15) is 13.8 Å². The Bertz CT molecular complexity index is 759. The number of halogens is 1. The summed E-state index contributed by atoms with van der Waals surface area (Å²) < 4.78 is 1.20. The van der Waals surface area contributed by atoms with Crippen LogP contribution in [-0.2, 0) is 11.3 Å². The lowest BCUT2D eigenvalue weighted by atomic mass is 9.93. The van der Waals surface area contributed by atoms with Crippen LogP contribution in [0.2, 0.25) is 0 Å². The fourth-order valence-corrected chi connectivity index (χ4v) is 2.37. The zero-order valence-corrected chi connectivity index (χ0v) is 15.6. The highest BCUT2D eigenvalue weighted by molar-refractivity contribution is 5.85. The molecule has 2 aromatic rings. The molecule has 0 aliphatic carbocycles. The Kier molecular flexibility index (Phi) is 7.33. The average Bonchev–Trinajstić information content (AvgIpc) is 2.57. The quantitative estimate of drug-likeness (QED) is 0.847. The number of benzene rings is 1. The van der Waals surface area contributed by atoms with Gasteiger partial charge in [-0.3, -0.25) is 9.59 Å². The minimum atomic E-state index is -0.297. The maximum absolute atomic E-state index is 12.4. The van der Waals surface area contributed by atoms with Crippen LogP contribution in [-0.4, -0.2) is 40.7 Å². The Morgan fingerprint density at radius 2 is 1.84 bits per heavy atom. The van der Waals surface area contributed by atoms with Crippen molar-refractivity contribution >= 4 is 18.3 Å². The van der Waals surface area contributed by atoms with Gasteiger partial charge in [0, 0.05) is 25.2 Å². The Hall–Kier alpha value is -2.18. The highest BCUT2D eigenvalue weighted by Gasteiger charge is 2.21. The first-order valence-electron chi connectivity index (χ1n) is 7.90. The molecule has 1 heterocycles. The van der Waals surface area contributed by atoms with Crippen LogP contribution < -0.4 is 11.3 Å².